The molecule has 2 rings (SSSR count). The average molecular weight is 326 g/mol. The lowest BCUT2D eigenvalue weighted by Gasteiger charge is -2.34. The van der Waals surface area contributed by atoms with E-state index in [1.54, 1.807) is 7.11 Å². The Labute approximate surface area is 141 Å². The Hall–Kier alpha value is -0.850. The smallest absolute Gasteiger partial charge is 0.193 e. The summed E-state index contributed by atoms with van der Waals surface area (Å²) in [4.78, 5) is 9.28. The largest absolute Gasteiger partial charge is 0.384 e. The van der Waals surface area contributed by atoms with Crippen LogP contribution in [0.2, 0.25) is 0 Å². The first-order valence-corrected chi connectivity index (χ1v) is 8.90. The van der Waals surface area contributed by atoms with E-state index in [1.165, 1.54) is 6.42 Å². The third kappa shape index (κ3) is 5.94. The third-order valence-corrected chi connectivity index (χ3v) is 4.53. The summed E-state index contributed by atoms with van der Waals surface area (Å²) >= 11 is 0. The number of likely N-dealkylation sites (tertiary alicyclic amines) is 1. The van der Waals surface area contributed by atoms with Crippen molar-refractivity contribution >= 4 is 5.96 Å². The van der Waals surface area contributed by atoms with Gasteiger partial charge in [0.1, 0.15) is 0 Å². The summed E-state index contributed by atoms with van der Waals surface area (Å²) in [5.74, 6) is 2.32. The highest BCUT2D eigenvalue weighted by molar-refractivity contribution is 5.80. The molecule has 0 aromatic rings. The Balaban J connectivity index is 1.75. The van der Waals surface area contributed by atoms with Crippen molar-refractivity contribution in [2.45, 2.75) is 26.4 Å². The van der Waals surface area contributed by atoms with Crippen LogP contribution >= 0.6 is 0 Å². The van der Waals surface area contributed by atoms with Gasteiger partial charge in [0.2, 0.25) is 0 Å². The standard InChI is InChI=1S/C17H34N4O2/c1-14(2)10-20-7-8-23-16(12-20)9-19-17(18-3)21-6-5-15(11-21)13-22-4/h14-16H,5-13H2,1-4H3,(H,18,19). The van der Waals surface area contributed by atoms with Crippen molar-refractivity contribution in [2.24, 2.45) is 16.8 Å². The van der Waals surface area contributed by atoms with Gasteiger partial charge in [-0.05, 0) is 12.3 Å². The molecular formula is C17H34N4O2. The summed E-state index contributed by atoms with van der Waals surface area (Å²) in [5.41, 5.74) is 0. The lowest BCUT2D eigenvalue weighted by Crippen LogP contribution is -2.50. The molecule has 134 valence electrons. The first-order valence-electron chi connectivity index (χ1n) is 8.90. The molecule has 2 saturated heterocycles. The highest BCUT2D eigenvalue weighted by Crippen LogP contribution is 2.16. The molecular weight excluding hydrogens is 292 g/mol. The van der Waals surface area contributed by atoms with E-state index in [-0.39, 0.29) is 6.10 Å². The molecule has 2 unspecified atom stereocenters. The minimum atomic E-state index is 0.247. The van der Waals surface area contributed by atoms with Gasteiger partial charge in [-0.15, -0.1) is 0 Å². The monoisotopic (exact) mass is 326 g/mol. The summed E-state index contributed by atoms with van der Waals surface area (Å²) in [7, 11) is 3.64. The second-order valence-corrected chi connectivity index (χ2v) is 7.13. The van der Waals surface area contributed by atoms with Crippen LogP contribution in [0.3, 0.4) is 0 Å². The Morgan fingerprint density at radius 1 is 1.35 bits per heavy atom. The van der Waals surface area contributed by atoms with E-state index in [4.69, 9.17) is 9.47 Å². The van der Waals surface area contributed by atoms with Gasteiger partial charge in [-0.3, -0.25) is 9.89 Å². The Bertz CT molecular complexity index is 376. The van der Waals surface area contributed by atoms with Crippen LogP contribution in [-0.4, -0.2) is 88.5 Å². The number of ether oxygens (including phenoxy) is 2. The van der Waals surface area contributed by atoms with Crippen molar-refractivity contribution in [3.05, 3.63) is 0 Å². The number of hydrogen-bond donors (Lipinski definition) is 1. The maximum absolute atomic E-state index is 5.91. The molecule has 23 heavy (non-hydrogen) atoms. The summed E-state index contributed by atoms with van der Waals surface area (Å²) < 4.78 is 11.2. The maximum atomic E-state index is 5.91. The van der Waals surface area contributed by atoms with E-state index in [0.29, 0.717) is 11.8 Å². The van der Waals surface area contributed by atoms with Crippen molar-refractivity contribution in [3.63, 3.8) is 0 Å². The normalized spacial score (nSPS) is 27.0. The van der Waals surface area contributed by atoms with Gasteiger partial charge in [-0.2, -0.15) is 0 Å². The minimum Gasteiger partial charge on any atom is -0.384 e. The molecule has 2 aliphatic rings. The average Bonchev–Trinajstić information content (AvgIpc) is 2.96. The van der Waals surface area contributed by atoms with E-state index in [9.17, 15) is 0 Å². The number of nitrogens with zero attached hydrogens (tertiary/aromatic N) is 3. The summed E-state index contributed by atoms with van der Waals surface area (Å²) in [5, 5.41) is 3.50. The molecule has 0 radical (unpaired) electrons. The molecule has 2 atom stereocenters. The van der Waals surface area contributed by atoms with Gasteiger partial charge >= 0.3 is 0 Å². The molecule has 6 nitrogen and oxygen atoms in total. The fourth-order valence-corrected chi connectivity index (χ4v) is 3.52. The number of hydrogen-bond acceptors (Lipinski definition) is 4. The van der Waals surface area contributed by atoms with Crippen LogP contribution < -0.4 is 5.32 Å². The zero-order valence-electron chi connectivity index (χ0n) is 15.3. The molecule has 6 heteroatoms. The van der Waals surface area contributed by atoms with Gasteiger partial charge in [0.15, 0.2) is 5.96 Å². The fourth-order valence-electron chi connectivity index (χ4n) is 3.52. The SMILES string of the molecule is CN=C(NCC1CN(CC(C)C)CCO1)N1CCC(COC)C1. The zero-order valence-corrected chi connectivity index (χ0v) is 15.3. The van der Waals surface area contributed by atoms with Gasteiger partial charge in [0.25, 0.3) is 0 Å². The van der Waals surface area contributed by atoms with Gasteiger partial charge < -0.3 is 19.7 Å². The third-order valence-electron chi connectivity index (χ3n) is 4.53. The van der Waals surface area contributed by atoms with Gasteiger partial charge in [-0.25, -0.2) is 0 Å². The Morgan fingerprint density at radius 3 is 2.87 bits per heavy atom. The van der Waals surface area contributed by atoms with Crippen molar-refractivity contribution in [1.82, 2.24) is 15.1 Å². The van der Waals surface area contributed by atoms with E-state index in [0.717, 1.165) is 58.4 Å². The van der Waals surface area contributed by atoms with Crippen molar-refractivity contribution in [3.8, 4) is 0 Å². The van der Waals surface area contributed by atoms with E-state index < -0.39 is 0 Å². The molecule has 0 aromatic heterocycles. The molecule has 0 aromatic carbocycles. The maximum Gasteiger partial charge on any atom is 0.193 e. The molecule has 0 saturated carbocycles. The number of guanidine groups is 1. The fraction of sp³-hybridized carbons (Fsp3) is 0.941. The quantitative estimate of drug-likeness (QED) is 0.580. The number of nitrogens with one attached hydrogen (secondary N) is 1. The van der Waals surface area contributed by atoms with Crippen molar-refractivity contribution in [2.75, 3.05) is 66.6 Å². The number of morpholine rings is 1. The van der Waals surface area contributed by atoms with Gasteiger partial charge in [0, 0.05) is 59.3 Å². The summed E-state index contributed by atoms with van der Waals surface area (Å²) in [6, 6.07) is 0. The van der Waals surface area contributed by atoms with E-state index in [1.807, 2.05) is 7.05 Å². The molecule has 2 fully saturated rings. The predicted molar refractivity (Wildman–Crippen MR) is 93.9 cm³/mol. The van der Waals surface area contributed by atoms with Crippen molar-refractivity contribution in [1.29, 1.82) is 0 Å². The van der Waals surface area contributed by atoms with Crippen LogP contribution in [0.5, 0.6) is 0 Å². The lowest BCUT2D eigenvalue weighted by molar-refractivity contribution is -0.0286. The molecule has 2 aliphatic heterocycles. The van der Waals surface area contributed by atoms with Gasteiger partial charge in [-0.1, -0.05) is 13.8 Å². The number of rotatable bonds is 6. The highest BCUT2D eigenvalue weighted by atomic mass is 16.5. The summed E-state index contributed by atoms with van der Waals surface area (Å²) in [6.45, 7) is 12.3. The molecule has 0 amide bonds. The first kappa shape index (κ1) is 18.5. The molecule has 0 bridgehead atoms. The molecule has 0 spiro atoms. The Kier molecular flexibility index (Phi) is 7.59. The van der Waals surface area contributed by atoms with Crippen LogP contribution in [-0.2, 0) is 9.47 Å². The second-order valence-electron chi connectivity index (χ2n) is 7.13. The number of aliphatic imine (C=N–C) groups is 1. The first-order chi connectivity index (χ1) is 11.1. The predicted octanol–water partition coefficient (Wildman–Crippen LogP) is 0.887. The van der Waals surface area contributed by atoms with Crippen LogP contribution in [0.15, 0.2) is 4.99 Å². The molecule has 0 aliphatic carbocycles. The minimum absolute atomic E-state index is 0.247. The van der Waals surface area contributed by atoms with Crippen LogP contribution in [0.1, 0.15) is 20.3 Å². The summed E-state index contributed by atoms with van der Waals surface area (Å²) in [6.07, 6.45) is 1.42. The van der Waals surface area contributed by atoms with Crippen molar-refractivity contribution < 1.29 is 9.47 Å². The van der Waals surface area contributed by atoms with Gasteiger partial charge in [0.05, 0.1) is 19.3 Å². The van der Waals surface area contributed by atoms with E-state index >= 15 is 0 Å². The lowest BCUT2D eigenvalue weighted by atomic mass is 10.1. The second kappa shape index (κ2) is 9.45. The van der Waals surface area contributed by atoms with E-state index in [2.05, 4.69) is 34.0 Å². The number of methoxy groups -OCH3 is 1. The van der Waals surface area contributed by atoms with Crippen LogP contribution in [0.25, 0.3) is 0 Å². The molecule has 2 heterocycles. The topological polar surface area (TPSA) is 49.3 Å². The van der Waals surface area contributed by atoms with Crippen LogP contribution in [0, 0.1) is 11.8 Å². The Morgan fingerprint density at radius 2 is 2.17 bits per heavy atom. The van der Waals surface area contributed by atoms with Crippen LogP contribution in [0.4, 0.5) is 0 Å². The zero-order chi connectivity index (χ0) is 16.7. The highest BCUT2D eigenvalue weighted by Gasteiger charge is 2.26. The molecule has 1 N–H and O–H groups in total.